The molecule has 0 spiro atoms. The van der Waals surface area contributed by atoms with Gasteiger partial charge in [0.15, 0.2) is 11.2 Å². The van der Waals surface area contributed by atoms with E-state index in [1.54, 1.807) is 26.0 Å². The molecular formula is C16H22N2O4S. The number of nitrogens with zero attached hydrogens (tertiary/aromatic N) is 1. The molecule has 1 unspecified atom stereocenters. The molecule has 0 aromatic heterocycles. The third-order valence-corrected chi connectivity index (χ3v) is 3.70. The van der Waals surface area contributed by atoms with Gasteiger partial charge < -0.3 is 24.4 Å². The van der Waals surface area contributed by atoms with E-state index in [9.17, 15) is 4.79 Å². The van der Waals surface area contributed by atoms with Gasteiger partial charge >= 0.3 is 5.97 Å². The maximum absolute atomic E-state index is 11.5. The number of rotatable bonds is 5. The van der Waals surface area contributed by atoms with E-state index in [-0.39, 0.29) is 5.97 Å². The van der Waals surface area contributed by atoms with Gasteiger partial charge in [-0.25, -0.2) is 4.79 Å². The summed E-state index contributed by atoms with van der Waals surface area (Å²) in [6.07, 6.45) is -0.636. The molecule has 126 valence electrons. The first-order chi connectivity index (χ1) is 11.1. The molecule has 0 bridgehead atoms. The summed E-state index contributed by atoms with van der Waals surface area (Å²) in [5.41, 5.74) is 0.873. The molecule has 1 aliphatic heterocycles. The van der Waals surface area contributed by atoms with Crippen LogP contribution in [0.15, 0.2) is 24.3 Å². The second-order valence-electron chi connectivity index (χ2n) is 5.07. The van der Waals surface area contributed by atoms with Crippen LogP contribution in [0.25, 0.3) is 0 Å². The van der Waals surface area contributed by atoms with Crippen molar-refractivity contribution in [2.24, 2.45) is 0 Å². The third-order valence-electron chi connectivity index (χ3n) is 3.34. The van der Waals surface area contributed by atoms with Gasteiger partial charge in [-0.05, 0) is 50.3 Å². The van der Waals surface area contributed by atoms with Crippen LogP contribution in [0.1, 0.15) is 13.8 Å². The van der Waals surface area contributed by atoms with Gasteiger partial charge in [0.05, 0.1) is 19.8 Å². The van der Waals surface area contributed by atoms with Gasteiger partial charge in [0.1, 0.15) is 5.75 Å². The van der Waals surface area contributed by atoms with Crippen molar-refractivity contribution in [2.75, 3.05) is 38.2 Å². The minimum absolute atomic E-state index is 0.342. The van der Waals surface area contributed by atoms with Crippen LogP contribution in [0.5, 0.6) is 5.75 Å². The number of thiocarbonyl (C=S) groups is 1. The predicted octanol–water partition coefficient (Wildman–Crippen LogP) is 2.05. The molecule has 1 fully saturated rings. The van der Waals surface area contributed by atoms with Crippen LogP contribution in [0, 0.1) is 0 Å². The average molecular weight is 338 g/mol. The number of hydrogen-bond donors (Lipinski definition) is 1. The number of carbonyl (C=O) groups excluding carboxylic acids is 1. The quantitative estimate of drug-likeness (QED) is 0.651. The number of ether oxygens (including phenoxy) is 3. The van der Waals surface area contributed by atoms with Crippen molar-refractivity contribution in [1.82, 2.24) is 4.90 Å². The molecular weight excluding hydrogens is 316 g/mol. The lowest BCUT2D eigenvalue weighted by Crippen LogP contribution is -2.42. The highest BCUT2D eigenvalue weighted by Crippen LogP contribution is 2.18. The molecule has 6 nitrogen and oxygen atoms in total. The molecule has 7 heteroatoms. The zero-order chi connectivity index (χ0) is 16.7. The second kappa shape index (κ2) is 8.69. The average Bonchev–Trinajstić information content (AvgIpc) is 2.57. The van der Waals surface area contributed by atoms with E-state index in [0.717, 1.165) is 18.8 Å². The van der Waals surface area contributed by atoms with Crippen LogP contribution in [0.3, 0.4) is 0 Å². The Kier molecular flexibility index (Phi) is 6.61. The van der Waals surface area contributed by atoms with E-state index in [0.29, 0.717) is 30.7 Å². The van der Waals surface area contributed by atoms with Crippen molar-refractivity contribution in [3.8, 4) is 5.75 Å². The lowest BCUT2D eigenvalue weighted by molar-refractivity contribution is -0.150. The number of benzene rings is 1. The van der Waals surface area contributed by atoms with Crippen molar-refractivity contribution in [3.63, 3.8) is 0 Å². The summed E-state index contributed by atoms with van der Waals surface area (Å²) in [7, 11) is 0. The van der Waals surface area contributed by atoms with Crippen LogP contribution in [-0.2, 0) is 14.3 Å². The Labute approximate surface area is 141 Å². The van der Waals surface area contributed by atoms with Crippen molar-refractivity contribution in [3.05, 3.63) is 24.3 Å². The summed E-state index contributed by atoms with van der Waals surface area (Å²) in [6.45, 7) is 6.75. The minimum atomic E-state index is -0.636. The highest BCUT2D eigenvalue weighted by molar-refractivity contribution is 7.80. The summed E-state index contributed by atoms with van der Waals surface area (Å²) in [6, 6.07) is 7.31. The van der Waals surface area contributed by atoms with Gasteiger partial charge in [0.25, 0.3) is 0 Å². The first-order valence-electron chi connectivity index (χ1n) is 7.67. The first kappa shape index (κ1) is 17.5. The Hall–Kier alpha value is -1.86. The van der Waals surface area contributed by atoms with Crippen LogP contribution in [0.4, 0.5) is 5.69 Å². The highest BCUT2D eigenvalue weighted by atomic mass is 32.1. The molecule has 0 aliphatic carbocycles. The summed E-state index contributed by atoms with van der Waals surface area (Å²) >= 11 is 5.39. The van der Waals surface area contributed by atoms with Crippen molar-refractivity contribution < 1.29 is 19.0 Å². The van der Waals surface area contributed by atoms with Gasteiger partial charge in [-0.15, -0.1) is 0 Å². The van der Waals surface area contributed by atoms with Crippen molar-refractivity contribution >= 4 is 29.0 Å². The smallest absolute Gasteiger partial charge is 0.347 e. The molecule has 23 heavy (non-hydrogen) atoms. The number of nitrogens with one attached hydrogen (secondary N) is 1. The molecule has 0 radical (unpaired) electrons. The summed E-state index contributed by atoms with van der Waals surface area (Å²) in [5.74, 6) is 0.233. The van der Waals surface area contributed by atoms with E-state index in [1.165, 1.54) is 0 Å². The molecule has 1 aromatic carbocycles. The Morgan fingerprint density at radius 2 is 2.00 bits per heavy atom. The maximum atomic E-state index is 11.5. The van der Waals surface area contributed by atoms with Gasteiger partial charge in [0, 0.05) is 18.8 Å². The fourth-order valence-corrected chi connectivity index (χ4v) is 2.40. The van der Waals surface area contributed by atoms with Gasteiger partial charge in [-0.3, -0.25) is 0 Å². The fraction of sp³-hybridized carbons (Fsp3) is 0.500. The second-order valence-corrected chi connectivity index (χ2v) is 5.45. The standard InChI is InChI=1S/C16H22N2O4S/c1-3-21-15(19)12(2)22-14-6-4-13(5-7-14)17-16(23)18-8-10-20-11-9-18/h4-7,12H,3,8-11H2,1-2H3,(H,17,23). The normalized spacial score (nSPS) is 15.7. The number of morpholine rings is 1. The van der Waals surface area contributed by atoms with Crippen molar-refractivity contribution in [2.45, 2.75) is 20.0 Å². The zero-order valence-corrected chi connectivity index (χ0v) is 14.2. The van der Waals surface area contributed by atoms with Gasteiger partial charge in [-0.1, -0.05) is 0 Å². The summed E-state index contributed by atoms with van der Waals surface area (Å²) in [5, 5.41) is 3.87. The van der Waals surface area contributed by atoms with E-state index >= 15 is 0 Å². The van der Waals surface area contributed by atoms with E-state index in [4.69, 9.17) is 26.4 Å². The maximum Gasteiger partial charge on any atom is 0.347 e. The van der Waals surface area contributed by atoms with Crippen molar-refractivity contribution in [1.29, 1.82) is 0 Å². The first-order valence-corrected chi connectivity index (χ1v) is 8.08. The molecule has 1 N–H and O–H groups in total. The summed E-state index contributed by atoms with van der Waals surface area (Å²) in [4.78, 5) is 13.6. The van der Waals surface area contributed by atoms with E-state index < -0.39 is 6.10 Å². The Balaban J connectivity index is 1.86. The van der Waals surface area contributed by atoms with Crippen LogP contribution < -0.4 is 10.1 Å². The van der Waals surface area contributed by atoms with Crippen LogP contribution in [0.2, 0.25) is 0 Å². The molecule has 1 aliphatic rings. The minimum Gasteiger partial charge on any atom is -0.479 e. The molecule has 0 saturated carbocycles. The Morgan fingerprint density at radius 1 is 1.35 bits per heavy atom. The van der Waals surface area contributed by atoms with E-state index in [1.807, 2.05) is 12.1 Å². The number of esters is 1. The lowest BCUT2D eigenvalue weighted by atomic mass is 10.3. The molecule has 1 atom stereocenters. The van der Waals surface area contributed by atoms with E-state index in [2.05, 4.69) is 10.2 Å². The molecule has 0 amide bonds. The molecule has 1 saturated heterocycles. The SMILES string of the molecule is CCOC(=O)C(C)Oc1ccc(NC(=S)N2CCOCC2)cc1. The largest absolute Gasteiger partial charge is 0.479 e. The van der Waals surface area contributed by atoms with Crippen LogP contribution in [-0.4, -0.2) is 55.0 Å². The highest BCUT2D eigenvalue weighted by Gasteiger charge is 2.16. The topological polar surface area (TPSA) is 60.0 Å². The Bertz CT molecular complexity index is 529. The number of hydrogen-bond acceptors (Lipinski definition) is 5. The number of anilines is 1. The molecule has 1 aromatic rings. The predicted molar refractivity (Wildman–Crippen MR) is 91.8 cm³/mol. The van der Waals surface area contributed by atoms with Crippen LogP contribution >= 0.6 is 12.2 Å². The fourth-order valence-electron chi connectivity index (χ4n) is 2.10. The number of carbonyl (C=O) groups is 1. The third kappa shape index (κ3) is 5.37. The zero-order valence-electron chi connectivity index (χ0n) is 13.4. The molecule has 1 heterocycles. The lowest BCUT2D eigenvalue weighted by Gasteiger charge is -2.29. The Morgan fingerprint density at radius 3 is 2.61 bits per heavy atom. The summed E-state index contributed by atoms with van der Waals surface area (Å²) < 4.78 is 15.8. The monoisotopic (exact) mass is 338 g/mol. The van der Waals surface area contributed by atoms with Gasteiger partial charge in [-0.2, -0.15) is 0 Å². The van der Waals surface area contributed by atoms with Gasteiger partial charge in [0.2, 0.25) is 0 Å². The molecule has 2 rings (SSSR count).